The highest BCUT2D eigenvalue weighted by molar-refractivity contribution is 6.74. The van der Waals surface area contributed by atoms with Gasteiger partial charge in [0.25, 0.3) is 0 Å². The lowest BCUT2D eigenvalue weighted by Crippen LogP contribution is -2.49. The molecule has 0 radical (unpaired) electrons. The molecule has 3 aromatic rings. The van der Waals surface area contributed by atoms with Gasteiger partial charge >= 0.3 is 12.9 Å². The standard InChI is InChI=1S/C19H18BN2O/c1-15-9-6-7-12-17(15)22-19-18(13-8-14-21(19)2)23-20(22)16-10-4-3-5-11-16/h3-14H,1-2H3/q+1. The van der Waals surface area contributed by atoms with Crippen molar-refractivity contribution in [1.82, 2.24) is 0 Å². The maximum Gasteiger partial charge on any atom is 0.647 e. The van der Waals surface area contributed by atoms with Crippen molar-refractivity contribution in [1.29, 1.82) is 0 Å². The predicted octanol–water partition coefficient (Wildman–Crippen LogP) is 2.75. The number of pyridine rings is 1. The van der Waals surface area contributed by atoms with Gasteiger partial charge in [-0.2, -0.15) is 0 Å². The molecule has 1 aliphatic heterocycles. The van der Waals surface area contributed by atoms with Gasteiger partial charge in [0.1, 0.15) is 5.69 Å². The molecule has 0 saturated heterocycles. The molecule has 23 heavy (non-hydrogen) atoms. The number of aromatic nitrogens is 1. The summed E-state index contributed by atoms with van der Waals surface area (Å²) < 4.78 is 8.42. The summed E-state index contributed by atoms with van der Waals surface area (Å²) in [7, 11) is 1.90. The van der Waals surface area contributed by atoms with Crippen LogP contribution in [0.4, 0.5) is 11.5 Å². The number of fused-ring (bicyclic) bond motifs is 1. The van der Waals surface area contributed by atoms with Crippen LogP contribution in [0, 0.1) is 6.92 Å². The van der Waals surface area contributed by atoms with Crippen LogP contribution in [0.3, 0.4) is 0 Å². The molecule has 0 atom stereocenters. The van der Waals surface area contributed by atoms with Gasteiger partial charge in [-0.1, -0.05) is 48.5 Å². The molecule has 112 valence electrons. The Labute approximate surface area is 136 Å². The van der Waals surface area contributed by atoms with Crippen LogP contribution in [-0.2, 0) is 7.05 Å². The molecule has 4 heteroatoms. The fourth-order valence-corrected chi connectivity index (χ4v) is 3.15. The van der Waals surface area contributed by atoms with Crippen LogP contribution in [-0.4, -0.2) is 7.05 Å². The number of anilines is 2. The molecule has 0 saturated carbocycles. The van der Waals surface area contributed by atoms with E-state index in [0.29, 0.717) is 0 Å². The molecule has 2 heterocycles. The molecule has 0 amide bonds. The van der Waals surface area contributed by atoms with Crippen molar-refractivity contribution in [3.8, 4) is 5.75 Å². The Kier molecular flexibility index (Phi) is 3.30. The minimum Gasteiger partial charge on any atom is -0.512 e. The fourth-order valence-electron chi connectivity index (χ4n) is 3.15. The molecule has 2 aromatic carbocycles. The summed E-state index contributed by atoms with van der Waals surface area (Å²) in [6, 6.07) is 22.8. The van der Waals surface area contributed by atoms with Gasteiger partial charge in [-0.05, 0) is 30.7 Å². The number of para-hydroxylation sites is 1. The Bertz CT molecular complexity index is 851. The lowest BCUT2D eigenvalue weighted by Gasteiger charge is -2.17. The van der Waals surface area contributed by atoms with Crippen molar-refractivity contribution in [2.75, 3.05) is 4.81 Å². The van der Waals surface area contributed by atoms with E-state index in [-0.39, 0.29) is 7.05 Å². The second kappa shape index (κ2) is 5.47. The molecule has 0 bridgehead atoms. The van der Waals surface area contributed by atoms with Crippen LogP contribution in [0.2, 0.25) is 0 Å². The van der Waals surface area contributed by atoms with Crippen molar-refractivity contribution >= 4 is 24.0 Å². The average Bonchev–Trinajstić information content (AvgIpc) is 2.97. The van der Waals surface area contributed by atoms with Crippen molar-refractivity contribution in [3.63, 3.8) is 0 Å². The quantitative estimate of drug-likeness (QED) is 0.534. The van der Waals surface area contributed by atoms with Gasteiger partial charge < -0.3 is 4.65 Å². The molecular formula is C19H18BN2O+. The minimum atomic E-state index is -0.152. The van der Waals surface area contributed by atoms with Crippen molar-refractivity contribution in [3.05, 3.63) is 78.5 Å². The Hall–Kier alpha value is -2.75. The second-order valence-electron chi connectivity index (χ2n) is 5.84. The van der Waals surface area contributed by atoms with E-state index in [1.54, 1.807) is 0 Å². The van der Waals surface area contributed by atoms with Gasteiger partial charge in [0.2, 0.25) is 0 Å². The van der Waals surface area contributed by atoms with Crippen molar-refractivity contribution in [2.45, 2.75) is 6.92 Å². The lowest BCUT2D eigenvalue weighted by molar-refractivity contribution is -0.657. The predicted molar refractivity (Wildman–Crippen MR) is 93.4 cm³/mol. The first-order chi connectivity index (χ1) is 11.3. The smallest absolute Gasteiger partial charge is 0.512 e. The Morgan fingerprint density at radius 3 is 2.43 bits per heavy atom. The van der Waals surface area contributed by atoms with Crippen molar-refractivity contribution < 1.29 is 9.22 Å². The highest BCUT2D eigenvalue weighted by Gasteiger charge is 2.49. The third-order valence-corrected chi connectivity index (χ3v) is 4.27. The van der Waals surface area contributed by atoms with Gasteiger partial charge in [-0.3, -0.25) is 0 Å². The summed E-state index contributed by atoms with van der Waals surface area (Å²) in [4.78, 5) is 2.28. The average molecular weight is 301 g/mol. The molecule has 0 unspecified atom stereocenters. The van der Waals surface area contributed by atoms with Crippen LogP contribution in [0.1, 0.15) is 5.56 Å². The van der Waals surface area contributed by atoms with E-state index in [4.69, 9.17) is 4.65 Å². The van der Waals surface area contributed by atoms with E-state index in [9.17, 15) is 0 Å². The minimum absolute atomic E-state index is 0.152. The largest absolute Gasteiger partial charge is 0.647 e. The number of benzene rings is 2. The molecule has 4 rings (SSSR count). The molecule has 0 fully saturated rings. The van der Waals surface area contributed by atoms with Crippen LogP contribution in [0.15, 0.2) is 72.9 Å². The number of aryl methyl sites for hydroxylation is 2. The van der Waals surface area contributed by atoms with E-state index in [1.165, 1.54) is 11.3 Å². The van der Waals surface area contributed by atoms with E-state index < -0.39 is 0 Å². The van der Waals surface area contributed by atoms with E-state index >= 15 is 0 Å². The SMILES string of the molecule is Cc1ccccc1N1B(c2ccccc2)Oc2ccc[n+](C)c21. The molecule has 0 aliphatic carbocycles. The summed E-state index contributed by atoms with van der Waals surface area (Å²) in [5.74, 6) is 1.99. The van der Waals surface area contributed by atoms with Crippen LogP contribution in [0.25, 0.3) is 0 Å². The van der Waals surface area contributed by atoms with Gasteiger partial charge in [-0.15, -0.1) is 0 Å². The Balaban J connectivity index is 1.92. The van der Waals surface area contributed by atoms with Gasteiger partial charge in [-0.25, -0.2) is 9.38 Å². The Morgan fingerprint density at radius 2 is 1.65 bits per heavy atom. The number of nitrogens with zero attached hydrogens (tertiary/aromatic N) is 2. The molecule has 1 aromatic heterocycles. The van der Waals surface area contributed by atoms with Crippen LogP contribution < -0.4 is 19.5 Å². The normalized spacial score (nSPS) is 13.0. The molecule has 1 aliphatic rings. The first-order valence-electron chi connectivity index (χ1n) is 7.81. The fraction of sp³-hybridized carbons (Fsp3) is 0.105. The molecule has 0 N–H and O–H groups in total. The Morgan fingerprint density at radius 1 is 0.913 bits per heavy atom. The molecule has 0 spiro atoms. The summed E-state index contributed by atoms with van der Waals surface area (Å²) in [6.07, 6.45) is 2.06. The topological polar surface area (TPSA) is 16.4 Å². The summed E-state index contributed by atoms with van der Waals surface area (Å²) in [5, 5.41) is 0. The zero-order valence-corrected chi connectivity index (χ0v) is 13.3. The monoisotopic (exact) mass is 301 g/mol. The first-order valence-corrected chi connectivity index (χ1v) is 7.81. The van der Waals surface area contributed by atoms with E-state index in [0.717, 1.165) is 17.0 Å². The number of hydrogen-bond acceptors (Lipinski definition) is 2. The lowest BCUT2D eigenvalue weighted by atomic mass is 9.71. The van der Waals surface area contributed by atoms with E-state index in [2.05, 4.69) is 78.1 Å². The summed E-state index contributed by atoms with van der Waals surface area (Å²) in [6.45, 7) is 2.14. The zero-order valence-electron chi connectivity index (χ0n) is 13.3. The van der Waals surface area contributed by atoms with Crippen LogP contribution >= 0.6 is 0 Å². The third-order valence-electron chi connectivity index (χ3n) is 4.27. The first kappa shape index (κ1) is 13.9. The van der Waals surface area contributed by atoms with Gasteiger partial charge in [0.15, 0.2) is 5.75 Å². The van der Waals surface area contributed by atoms with Gasteiger partial charge in [0.05, 0.1) is 13.2 Å². The molecular weight excluding hydrogens is 283 g/mol. The molecule has 3 nitrogen and oxygen atoms in total. The van der Waals surface area contributed by atoms with E-state index in [1.807, 2.05) is 18.2 Å². The number of rotatable bonds is 2. The second-order valence-corrected chi connectivity index (χ2v) is 5.84. The zero-order chi connectivity index (χ0) is 15.8. The maximum atomic E-state index is 6.30. The third kappa shape index (κ3) is 2.27. The summed E-state index contributed by atoms with van der Waals surface area (Å²) in [5.41, 5.74) is 3.54. The van der Waals surface area contributed by atoms with Crippen molar-refractivity contribution in [2.24, 2.45) is 7.05 Å². The maximum absolute atomic E-state index is 6.30. The summed E-state index contributed by atoms with van der Waals surface area (Å²) >= 11 is 0. The number of hydrogen-bond donors (Lipinski definition) is 0. The van der Waals surface area contributed by atoms with Crippen LogP contribution in [0.5, 0.6) is 5.75 Å². The highest BCUT2D eigenvalue weighted by atomic mass is 16.5. The highest BCUT2D eigenvalue weighted by Crippen LogP contribution is 2.38. The van der Waals surface area contributed by atoms with Gasteiger partial charge in [0, 0.05) is 5.46 Å².